The Hall–Kier alpha value is -2.07. The predicted octanol–water partition coefficient (Wildman–Crippen LogP) is 2.95. The minimum Gasteiger partial charge on any atom is -0.496 e. The fourth-order valence-electron chi connectivity index (χ4n) is 1.97. The third kappa shape index (κ3) is 3.23. The number of rotatable bonds is 5. The van der Waals surface area contributed by atoms with Crippen LogP contribution in [0.2, 0.25) is 0 Å². The van der Waals surface area contributed by atoms with E-state index in [0.29, 0.717) is 6.54 Å². The molecule has 0 aliphatic rings. The maximum Gasteiger partial charge on any atom is 0.124 e. The van der Waals surface area contributed by atoms with Gasteiger partial charge in [0.2, 0.25) is 0 Å². The first kappa shape index (κ1) is 13.4. The van der Waals surface area contributed by atoms with Crippen molar-refractivity contribution in [1.29, 1.82) is 0 Å². The Kier molecular flexibility index (Phi) is 4.36. The van der Waals surface area contributed by atoms with Gasteiger partial charge in [-0.25, -0.2) is 4.39 Å². The number of para-hydroxylation sites is 1. The molecule has 0 radical (unpaired) electrons. The monoisotopic (exact) mass is 260 g/mol. The van der Waals surface area contributed by atoms with Crippen LogP contribution in [0.4, 0.5) is 10.1 Å². The Morgan fingerprint density at radius 2 is 1.84 bits per heavy atom. The molecule has 0 heterocycles. The lowest BCUT2D eigenvalue weighted by atomic mass is 10.1. The molecule has 3 N–H and O–H groups in total. The average Bonchev–Trinajstić information content (AvgIpc) is 2.46. The summed E-state index contributed by atoms with van der Waals surface area (Å²) in [6.45, 7) is 0.414. The molecule has 2 rings (SSSR count). The van der Waals surface area contributed by atoms with Gasteiger partial charge in [0.15, 0.2) is 0 Å². The van der Waals surface area contributed by atoms with Crippen molar-refractivity contribution in [2.24, 2.45) is 5.73 Å². The molecule has 0 fully saturated rings. The van der Waals surface area contributed by atoms with Crippen LogP contribution >= 0.6 is 0 Å². The Morgan fingerprint density at radius 3 is 2.47 bits per heavy atom. The highest BCUT2D eigenvalue weighted by Crippen LogP contribution is 2.27. The molecule has 4 heteroatoms. The summed E-state index contributed by atoms with van der Waals surface area (Å²) in [5.41, 5.74) is 7.62. The third-order valence-electron chi connectivity index (χ3n) is 2.94. The number of benzene rings is 2. The number of halogens is 1. The van der Waals surface area contributed by atoms with E-state index in [9.17, 15) is 4.39 Å². The van der Waals surface area contributed by atoms with E-state index in [0.717, 1.165) is 17.0 Å². The van der Waals surface area contributed by atoms with Crippen molar-refractivity contribution in [3.05, 3.63) is 59.9 Å². The minimum absolute atomic E-state index is 0.0818. The molecule has 2 aromatic rings. The van der Waals surface area contributed by atoms with E-state index in [4.69, 9.17) is 10.5 Å². The molecule has 0 saturated carbocycles. The lowest BCUT2D eigenvalue weighted by Gasteiger charge is -2.20. The van der Waals surface area contributed by atoms with Crippen LogP contribution < -0.4 is 15.8 Å². The molecule has 1 unspecified atom stereocenters. The molecule has 0 bridgehead atoms. The standard InChI is InChI=1S/C15H17FN2O/c1-19-15-5-3-2-4-13(15)14(10-17)18-12-8-6-11(16)7-9-12/h2-9,14,18H,10,17H2,1H3. The number of hydrogen-bond donors (Lipinski definition) is 2. The Morgan fingerprint density at radius 1 is 1.16 bits per heavy atom. The molecule has 2 aromatic carbocycles. The van der Waals surface area contributed by atoms with Crippen LogP contribution in [-0.2, 0) is 0 Å². The van der Waals surface area contributed by atoms with Gasteiger partial charge in [0.1, 0.15) is 11.6 Å². The minimum atomic E-state index is -0.257. The summed E-state index contributed by atoms with van der Waals surface area (Å²) in [6, 6.07) is 13.8. The van der Waals surface area contributed by atoms with Gasteiger partial charge >= 0.3 is 0 Å². The zero-order chi connectivity index (χ0) is 13.7. The van der Waals surface area contributed by atoms with Gasteiger partial charge in [-0.05, 0) is 30.3 Å². The van der Waals surface area contributed by atoms with Crippen LogP contribution in [0.5, 0.6) is 5.75 Å². The number of nitrogens with one attached hydrogen (secondary N) is 1. The molecule has 19 heavy (non-hydrogen) atoms. The number of methoxy groups -OCH3 is 1. The molecule has 0 amide bonds. The largest absolute Gasteiger partial charge is 0.496 e. The second-order valence-electron chi connectivity index (χ2n) is 4.18. The van der Waals surface area contributed by atoms with Gasteiger partial charge < -0.3 is 15.8 Å². The Labute approximate surface area is 112 Å². The van der Waals surface area contributed by atoms with E-state index in [1.807, 2.05) is 24.3 Å². The van der Waals surface area contributed by atoms with Crippen LogP contribution in [-0.4, -0.2) is 13.7 Å². The van der Waals surface area contributed by atoms with Gasteiger partial charge in [0.25, 0.3) is 0 Å². The van der Waals surface area contributed by atoms with Crippen LogP contribution in [0.25, 0.3) is 0 Å². The molecular weight excluding hydrogens is 243 g/mol. The molecule has 0 saturated heterocycles. The second kappa shape index (κ2) is 6.20. The van der Waals surface area contributed by atoms with Crippen molar-refractivity contribution < 1.29 is 9.13 Å². The number of ether oxygens (including phenoxy) is 1. The zero-order valence-electron chi connectivity index (χ0n) is 10.8. The summed E-state index contributed by atoms with van der Waals surface area (Å²) >= 11 is 0. The van der Waals surface area contributed by atoms with Crippen LogP contribution in [0, 0.1) is 5.82 Å². The van der Waals surface area contributed by atoms with E-state index in [1.54, 1.807) is 19.2 Å². The maximum absolute atomic E-state index is 12.9. The van der Waals surface area contributed by atoms with E-state index in [-0.39, 0.29) is 11.9 Å². The molecular formula is C15H17FN2O. The topological polar surface area (TPSA) is 47.3 Å². The quantitative estimate of drug-likeness (QED) is 0.869. The van der Waals surface area contributed by atoms with Crippen LogP contribution in [0.1, 0.15) is 11.6 Å². The fraction of sp³-hybridized carbons (Fsp3) is 0.200. The molecule has 0 spiro atoms. The summed E-state index contributed by atoms with van der Waals surface area (Å²) in [5.74, 6) is 0.528. The molecule has 100 valence electrons. The Balaban J connectivity index is 2.22. The van der Waals surface area contributed by atoms with Crippen molar-refractivity contribution in [2.45, 2.75) is 6.04 Å². The first-order valence-corrected chi connectivity index (χ1v) is 6.09. The number of anilines is 1. The van der Waals surface area contributed by atoms with E-state index in [1.165, 1.54) is 12.1 Å². The summed E-state index contributed by atoms with van der Waals surface area (Å²) in [6.07, 6.45) is 0. The smallest absolute Gasteiger partial charge is 0.124 e. The van der Waals surface area contributed by atoms with Gasteiger partial charge in [-0.2, -0.15) is 0 Å². The number of nitrogens with two attached hydrogens (primary N) is 1. The third-order valence-corrected chi connectivity index (χ3v) is 2.94. The molecule has 0 aliphatic heterocycles. The lowest BCUT2D eigenvalue weighted by Crippen LogP contribution is -2.21. The van der Waals surface area contributed by atoms with Gasteiger partial charge in [-0.3, -0.25) is 0 Å². The first-order chi connectivity index (χ1) is 9.24. The van der Waals surface area contributed by atoms with Gasteiger partial charge in [0, 0.05) is 17.8 Å². The highest BCUT2D eigenvalue weighted by Gasteiger charge is 2.13. The number of hydrogen-bond acceptors (Lipinski definition) is 3. The van der Waals surface area contributed by atoms with Gasteiger partial charge in [-0.1, -0.05) is 18.2 Å². The summed E-state index contributed by atoms with van der Waals surface area (Å²) in [7, 11) is 1.63. The van der Waals surface area contributed by atoms with Crippen molar-refractivity contribution >= 4 is 5.69 Å². The predicted molar refractivity (Wildman–Crippen MR) is 74.8 cm³/mol. The van der Waals surface area contributed by atoms with E-state index in [2.05, 4.69) is 5.32 Å². The SMILES string of the molecule is COc1ccccc1C(CN)Nc1ccc(F)cc1. The van der Waals surface area contributed by atoms with E-state index < -0.39 is 0 Å². The summed E-state index contributed by atoms with van der Waals surface area (Å²) in [5, 5.41) is 3.28. The van der Waals surface area contributed by atoms with Crippen LogP contribution in [0.15, 0.2) is 48.5 Å². The zero-order valence-corrected chi connectivity index (χ0v) is 10.8. The molecule has 0 aromatic heterocycles. The normalized spacial score (nSPS) is 11.9. The van der Waals surface area contributed by atoms with Crippen molar-refractivity contribution in [2.75, 3.05) is 19.0 Å². The van der Waals surface area contributed by atoms with Crippen molar-refractivity contribution in [3.63, 3.8) is 0 Å². The fourth-order valence-corrected chi connectivity index (χ4v) is 1.97. The Bertz CT molecular complexity index is 528. The second-order valence-corrected chi connectivity index (χ2v) is 4.18. The lowest BCUT2D eigenvalue weighted by molar-refractivity contribution is 0.407. The summed E-state index contributed by atoms with van der Waals surface area (Å²) < 4.78 is 18.2. The summed E-state index contributed by atoms with van der Waals surface area (Å²) in [4.78, 5) is 0. The average molecular weight is 260 g/mol. The van der Waals surface area contributed by atoms with Gasteiger partial charge in [-0.15, -0.1) is 0 Å². The molecule has 1 atom stereocenters. The molecule has 0 aliphatic carbocycles. The van der Waals surface area contributed by atoms with Crippen molar-refractivity contribution in [1.82, 2.24) is 0 Å². The van der Waals surface area contributed by atoms with Crippen molar-refractivity contribution in [3.8, 4) is 5.75 Å². The highest BCUT2D eigenvalue weighted by molar-refractivity contribution is 5.48. The van der Waals surface area contributed by atoms with E-state index >= 15 is 0 Å². The maximum atomic E-state index is 12.9. The van der Waals surface area contributed by atoms with Gasteiger partial charge in [0.05, 0.1) is 13.2 Å². The van der Waals surface area contributed by atoms with Crippen LogP contribution in [0.3, 0.4) is 0 Å². The first-order valence-electron chi connectivity index (χ1n) is 6.09. The highest BCUT2D eigenvalue weighted by atomic mass is 19.1. The molecule has 3 nitrogen and oxygen atoms in total.